The van der Waals surface area contributed by atoms with Gasteiger partial charge in [-0.1, -0.05) is 19.8 Å². The van der Waals surface area contributed by atoms with Gasteiger partial charge < -0.3 is 14.6 Å². The van der Waals surface area contributed by atoms with Crippen molar-refractivity contribution >= 4 is 0 Å². The Bertz CT molecular complexity index is 566. The maximum atomic E-state index is 12.3. The van der Waals surface area contributed by atoms with Crippen molar-refractivity contribution in [1.82, 2.24) is 4.90 Å². The van der Waals surface area contributed by atoms with Gasteiger partial charge in [0.15, 0.2) is 0 Å². The molecule has 1 N–H and O–H groups in total. The molecule has 4 saturated carbocycles. The summed E-state index contributed by atoms with van der Waals surface area (Å²) >= 11 is 0. The van der Waals surface area contributed by atoms with Crippen LogP contribution in [0.3, 0.4) is 0 Å². The summed E-state index contributed by atoms with van der Waals surface area (Å²) in [7, 11) is 3.70. The maximum Gasteiger partial charge on any atom is 0.102 e. The molecule has 0 aromatic heterocycles. The highest BCUT2D eigenvalue weighted by atomic mass is 16.5. The van der Waals surface area contributed by atoms with E-state index in [0.717, 1.165) is 18.8 Å². The Kier molecular flexibility index (Phi) is 4.66. The molecule has 4 nitrogen and oxygen atoms in total. The van der Waals surface area contributed by atoms with Crippen LogP contribution < -0.4 is 0 Å². The van der Waals surface area contributed by atoms with E-state index >= 15 is 0 Å². The second kappa shape index (κ2) is 6.68. The van der Waals surface area contributed by atoms with E-state index in [1.54, 1.807) is 0 Å². The van der Waals surface area contributed by atoms with Crippen molar-refractivity contribution < 1.29 is 14.6 Å². The number of fused-ring (bicyclic) bond motifs is 2. The monoisotopic (exact) mass is 377 g/mol. The molecule has 0 aromatic carbocycles. The molecule has 0 spiro atoms. The van der Waals surface area contributed by atoms with Crippen molar-refractivity contribution in [2.45, 2.75) is 101 Å². The highest BCUT2D eigenvalue weighted by Crippen LogP contribution is 2.68. The van der Waals surface area contributed by atoms with Gasteiger partial charge in [0.1, 0.15) is 5.60 Å². The molecule has 5 rings (SSSR count). The average molecular weight is 378 g/mol. The van der Waals surface area contributed by atoms with Gasteiger partial charge in [-0.2, -0.15) is 0 Å². The summed E-state index contributed by atoms with van der Waals surface area (Å²) in [4.78, 5) is 2.76. The van der Waals surface area contributed by atoms with Crippen LogP contribution in [0, 0.1) is 23.2 Å². The fourth-order valence-corrected chi connectivity index (χ4v) is 8.48. The SMILES string of the molecule is CCC12CCCC3N(CC4CCC4)C(CC4CCC(OC)C(OC)C41)C32O. The lowest BCUT2D eigenvalue weighted by molar-refractivity contribution is -0.344. The minimum absolute atomic E-state index is 0.0114. The molecule has 0 amide bonds. The topological polar surface area (TPSA) is 41.9 Å². The zero-order valence-electron chi connectivity index (χ0n) is 17.5. The number of rotatable bonds is 5. The van der Waals surface area contributed by atoms with E-state index in [-0.39, 0.29) is 17.6 Å². The number of hydrogen-bond acceptors (Lipinski definition) is 4. The third-order valence-electron chi connectivity index (χ3n) is 9.83. The lowest BCUT2D eigenvalue weighted by Crippen LogP contribution is -2.87. The Morgan fingerprint density at radius 1 is 1.00 bits per heavy atom. The number of methoxy groups -OCH3 is 2. The minimum Gasteiger partial charge on any atom is -0.386 e. The molecule has 1 heterocycles. The van der Waals surface area contributed by atoms with Gasteiger partial charge in [0.05, 0.1) is 12.2 Å². The zero-order valence-corrected chi connectivity index (χ0v) is 17.5. The summed E-state index contributed by atoms with van der Waals surface area (Å²) in [6.07, 6.45) is 12.7. The molecule has 4 aliphatic carbocycles. The highest BCUT2D eigenvalue weighted by Gasteiger charge is 2.76. The molecule has 154 valence electrons. The largest absolute Gasteiger partial charge is 0.386 e. The first-order valence-electron chi connectivity index (χ1n) is 11.6. The lowest BCUT2D eigenvalue weighted by atomic mass is 9.39. The van der Waals surface area contributed by atoms with Crippen LogP contribution in [0.25, 0.3) is 0 Å². The van der Waals surface area contributed by atoms with Gasteiger partial charge in [-0.15, -0.1) is 0 Å². The van der Waals surface area contributed by atoms with E-state index < -0.39 is 5.60 Å². The second-order valence-electron chi connectivity index (χ2n) is 10.3. The third kappa shape index (κ3) is 2.30. The number of aliphatic hydroxyl groups is 1. The standard InChI is InChI=1S/C23H39NO3/c1-4-22-12-6-9-18-23(22,25)19(24(18)14-15-7-5-8-15)13-16-10-11-17(26-2)21(27-3)20(16)22/h15-21,25H,4-14H2,1-3H3. The fourth-order valence-electron chi connectivity index (χ4n) is 8.48. The quantitative estimate of drug-likeness (QED) is 0.795. The summed E-state index contributed by atoms with van der Waals surface area (Å²) in [6, 6.07) is 0.777. The first-order chi connectivity index (χ1) is 13.1. The van der Waals surface area contributed by atoms with Crippen LogP contribution in [0.4, 0.5) is 0 Å². The van der Waals surface area contributed by atoms with Gasteiger partial charge in [-0.3, -0.25) is 4.90 Å². The van der Waals surface area contributed by atoms with Gasteiger partial charge in [0, 0.05) is 38.3 Å². The molecule has 1 aliphatic heterocycles. The van der Waals surface area contributed by atoms with Gasteiger partial charge in [-0.05, 0) is 69.1 Å². The Morgan fingerprint density at radius 2 is 1.81 bits per heavy atom. The Balaban J connectivity index is 1.51. The molecular formula is C23H39NO3. The minimum atomic E-state index is -0.503. The van der Waals surface area contributed by atoms with Crippen molar-refractivity contribution in [1.29, 1.82) is 0 Å². The first kappa shape index (κ1) is 18.8. The van der Waals surface area contributed by atoms with E-state index in [4.69, 9.17) is 9.47 Å². The number of nitrogens with zero attached hydrogens (tertiary/aromatic N) is 1. The highest BCUT2D eigenvalue weighted by molar-refractivity contribution is 5.28. The molecular weight excluding hydrogens is 338 g/mol. The number of ether oxygens (including phenoxy) is 2. The van der Waals surface area contributed by atoms with Crippen LogP contribution in [0.2, 0.25) is 0 Å². The summed E-state index contributed by atoms with van der Waals surface area (Å²) in [5.74, 6) is 2.01. The number of hydrogen-bond donors (Lipinski definition) is 1. The van der Waals surface area contributed by atoms with Crippen molar-refractivity contribution in [2.24, 2.45) is 23.2 Å². The normalized spacial score (nSPS) is 52.4. The van der Waals surface area contributed by atoms with Gasteiger partial charge in [0.2, 0.25) is 0 Å². The van der Waals surface area contributed by atoms with Crippen LogP contribution in [-0.4, -0.2) is 60.7 Å². The molecule has 0 aromatic rings. The summed E-state index contributed by atoms with van der Waals surface area (Å²) < 4.78 is 12.0. The lowest BCUT2D eigenvalue weighted by Gasteiger charge is -2.77. The van der Waals surface area contributed by atoms with E-state index in [2.05, 4.69) is 11.8 Å². The smallest absolute Gasteiger partial charge is 0.102 e. The Labute approximate surface area is 165 Å². The average Bonchev–Trinajstić information content (AvgIpc) is 2.66. The van der Waals surface area contributed by atoms with Crippen LogP contribution >= 0.6 is 0 Å². The van der Waals surface area contributed by atoms with Crippen molar-refractivity contribution in [3.63, 3.8) is 0 Å². The molecule has 27 heavy (non-hydrogen) atoms. The van der Waals surface area contributed by atoms with Crippen molar-refractivity contribution in [2.75, 3.05) is 20.8 Å². The first-order valence-corrected chi connectivity index (χ1v) is 11.6. The van der Waals surface area contributed by atoms with Crippen molar-refractivity contribution in [3.8, 4) is 0 Å². The predicted octanol–water partition coefficient (Wildman–Crippen LogP) is 3.61. The maximum absolute atomic E-state index is 12.3. The van der Waals surface area contributed by atoms with Crippen LogP contribution in [-0.2, 0) is 9.47 Å². The molecule has 8 atom stereocenters. The van der Waals surface area contributed by atoms with Crippen LogP contribution in [0.15, 0.2) is 0 Å². The second-order valence-corrected chi connectivity index (χ2v) is 10.3. The number of likely N-dealkylation sites (tertiary alicyclic amines) is 1. The Hall–Kier alpha value is -0.160. The van der Waals surface area contributed by atoms with Gasteiger partial charge in [-0.25, -0.2) is 0 Å². The van der Waals surface area contributed by atoms with E-state index in [1.165, 1.54) is 57.9 Å². The zero-order chi connectivity index (χ0) is 18.8. The molecule has 4 heteroatoms. The van der Waals surface area contributed by atoms with Crippen LogP contribution in [0.1, 0.15) is 71.1 Å². The molecule has 1 saturated heterocycles. The molecule has 8 unspecified atom stereocenters. The Morgan fingerprint density at radius 3 is 2.44 bits per heavy atom. The molecule has 5 aliphatic rings. The molecule has 0 radical (unpaired) electrons. The van der Waals surface area contributed by atoms with Crippen molar-refractivity contribution in [3.05, 3.63) is 0 Å². The molecule has 0 bridgehead atoms. The van der Waals surface area contributed by atoms with Gasteiger partial charge >= 0.3 is 0 Å². The van der Waals surface area contributed by atoms with E-state index in [1.807, 2.05) is 14.2 Å². The molecule has 5 fully saturated rings. The fraction of sp³-hybridized carbons (Fsp3) is 1.00. The summed E-state index contributed by atoms with van der Waals surface area (Å²) in [5, 5.41) is 12.3. The summed E-state index contributed by atoms with van der Waals surface area (Å²) in [6.45, 7) is 3.57. The predicted molar refractivity (Wildman–Crippen MR) is 106 cm³/mol. The van der Waals surface area contributed by atoms with Crippen LogP contribution in [0.5, 0.6) is 0 Å². The van der Waals surface area contributed by atoms with Gasteiger partial charge in [0.25, 0.3) is 0 Å². The summed E-state index contributed by atoms with van der Waals surface area (Å²) in [5.41, 5.74) is -0.491. The third-order valence-corrected chi connectivity index (χ3v) is 9.83. The van der Waals surface area contributed by atoms with E-state index in [0.29, 0.717) is 23.9 Å². The van der Waals surface area contributed by atoms with E-state index in [9.17, 15) is 5.11 Å².